The monoisotopic (exact) mass is 282 g/mol. The molecule has 0 atom stereocenters. The lowest BCUT2D eigenvalue weighted by molar-refractivity contribution is 0.476. The van der Waals surface area contributed by atoms with Crippen molar-refractivity contribution in [2.45, 2.75) is 26.4 Å². The van der Waals surface area contributed by atoms with Crippen molar-refractivity contribution in [1.82, 2.24) is 15.5 Å². The summed E-state index contributed by atoms with van der Waals surface area (Å²) < 4.78 is 31.5. The fraction of sp³-hybridized carbons (Fsp3) is 0.385. The number of aromatic nitrogens is 2. The predicted octanol–water partition coefficient (Wildman–Crippen LogP) is 2.46. The van der Waals surface area contributed by atoms with Crippen LogP contribution >= 0.6 is 0 Å². The number of halogens is 2. The minimum absolute atomic E-state index is 0.149. The largest absolute Gasteiger partial charge is 0.407 e. The Balaban J connectivity index is 1.87. The molecule has 108 valence electrons. The van der Waals surface area contributed by atoms with Crippen molar-refractivity contribution >= 4 is 6.01 Å². The smallest absolute Gasteiger partial charge is 0.315 e. The van der Waals surface area contributed by atoms with Gasteiger partial charge in [0.1, 0.15) is 11.6 Å². The molecular weight excluding hydrogens is 266 g/mol. The average Bonchev–Trinajstić information content (AvgIpc) is 2.86. The molecule has 0 amide bonds. The molecule has 0 saturated heterocycles. The molecule has 1 aromatic heterocycles. The van der Waals surface area contributed by atoms with Crippen LogP contribution in [0.2, 0.25) is 0 Å². The molecule has 5 nitrogen and oxygen atoms in total. The van der Waals surface area contributed by atoms with Crippen molar-refractivity contribution in [3.8, 4) is 0 Å². The highest BCUT2D eigenvalue weighted by molar-refractivity contribution is 5.25. The van der Waals surface area contributed by atoms with Gasteiger partial charge in [-0.25, -0.2) is 8.78 Å². The third-order valence-electron chi connectivity index (χ3n) is 2.62. The van der Waals surface area contributed by atoms with Gasteiger partial charge in [-0.1, -0.05) is 18.1 Å². The molecule has 0 aliphatic heterocycles. The minimum Gasteiger partial charge on any atom is -0.407 e. The number of anilines is 1. The average molecular weight is 282 g/mol. The first kappa shape index (κ1) is 14.4. The summed E-state index contributed by atoms with van der Waals surface area (Å²) in [6, 6.07) is 3.62. The number of nitrogens with one attached hydrogen (secondary N) is 2. The Morgan fingerprint density at radius 3 is 2.80 bits per heavy atom. The van der Waals surface area contributed by atoms with Gasteiger partial charge in [0.2, 0.25) is 5.89 Å². The molecule has 0 spiro atoms. The van der Waals surface area contributed by atoms with Crippen LogP contribution < -0.4 is 10.6 Å². The Labute approximate surface area is 115 Å². The molecule has 2 aromatic rings. The van der Waals surface area contributed by atoms with Crippen molar-refractivity contribution in [2.24, 2.45) is 0 Å². The molecule has 20 heavy (non-hydrogen) atoms. The first-order chi connectivity index (χ1) is 9.69. The van der Waals surface area contributed by atoms with E-state index in [-0.39, 0.29) is 12.6 Å². The van der Waals surface area contributed by atoms with Crippen LogP contribution in [0, 0.1) is 11.6 Å². The van der Waals surface area contributed by atoms with Gasteiger partial charge in [-0.2, -0.15) is 0 Å². The quantitative estimate of drug-likeness (QED) is 0.764. The molecular formula is C13H16F2N4O. The van der Waals surface area contributed by atoms with Gasteiger partial charge in [0.25, 0.3) is 0 Å². The molecule has 2 N–H and O–H groups in total. The van der Waals surface area contributed by atoms with E-state index in [4.69, 9.17) is 4.42 Å². The lowest BCUT2D eigenvalue weighted by Gasteiger charge is -2.03. The van der Waals surface area contributed by atoms with E-state index in [0.29, 0.717) is 18.0 Å². The Hall–Kier alpha value is -2.02. The van der Waals surface area contributed by atoms with Gasteiger partial charge in [0.15, 0.2) is 0 Å². The van der Waals surface area contributed by atoms with Crippen LogP contribution in [0.1, 0.15) is 24.8 Å². The van der Waals surface area contributed by atoms with Crippen LogP contribution in [-0.2, 0) is 13.1 Å². The zero-order valence-corrected chi connectivity index (χ0v) is 11.1. The fourth-order valence-electron chi connectivity index (χ4n) is 1.60. The Kier molecular flexibility index (Phi) is 5.00. The maximum absolute atomic E-state index is 13.4. The standard InChI is InChI=1S/C13H16F2N4O/c1-2-5-16-8-12-18-19-13(20-12)17-7-9-3-4-10(14)6-11(9)15/h3-4,6,16H,2,5,7-8H2,1H3,(H,17,19). The summed E-state index contributed by atoms with van der Waals surface area (Å²) in [5, 5.41) is 13.6. The van der Waals surface area contributed by atoms with Crippen LogP contribution in [0.15, 0.2) is 22.6 Å². The molecule has 0 saturated carbocycles. The van der Waals surface area contributed by atoms with Crippen LogP contribution in [0.25, 0.3) is 0 Å². The summed E-state index contributed by atoms with van der Waals surface area (Å²) in [6.07, 6.45) is 1.02. The molecule has 1 aromatic carbocycles. The van der Waals surface area contributed by atoms with E-state index in [9.17, 15) is 8.78 Å². The van der Waals surface area contributed by atoms with Crippen molar-refractivity contribution < 1.29 is 13.2 Å². The van der Waals surface area contributed by atoms with Gasteiger partial charge in [0, 0.05) is 18.2 Å². The number of hydrogen-bond acceptors (Lipinski definition) is 5. The second-order valence-electron chi connectivity index (χ2n) is 4.27. The SMILES string of the molecule is CCCNCc1nnc(NCc2ccc(F)cc2F)o1. The van der Waals surface area contributed by atoms with Gasteiger partial charge in [-0.3, -0.25) is 0 Å². The summed E-state index contributed by atoms with van der Waals surface area (Å²) in [5.74, 6) is -0.754. The second kappa shape index (κ2) is 6.95. The zero-order valence-electron chi connectivity index (χ0n) is 11.1. The Morgan fingerprint density at radius 1 is 1.20 bits per heavy atom. The fourth-order valence-corrected chi connectivity index (χ4v) is 1.60. The third kappa shape index (κ3) is 3.99. The highest BCUT2D eigenvalue weighted by Gasteiger charge is 2.07. The van der Waals surface area contributed by atoms with Crippen molar-refractivity contribution in [1.29, 1.82) is 0 Å². The molecule has 0 aliphatic carbocycles. The van der Waals surface area contributed by atoms with Crippen LogP contribution in [-0.4, -0.2) is 16.7 Å². The normalized spacial score (nSPS) is 10.8. The third-order valence-corrected chi connectivity index (χ3v) is 2.62. The molecule has 1 heterocycles. The summed E-state index contributed by atoms with van der Waals surface area (Å²) in [5.41, 5.74) is 0.329. The van der Waals surface area contributed by atoms with Crippen molar-refractivity contribution in [3.05, 3.63) is 41.3 Å². The Morgan fingerprint density at radius 2 is 2.05 bits per heavy atom. The molecule has 7 heteroatoms. The van der Waals surface area contributed by atoms with Gasteiger partial charge in [-0.05, 0) is 19.0 Å². The topological polar surface area (TPSA) is 63.0 Å². The summed E-state index contributed by atoms with van der Waals surface area (Å²) in [7, 11) is 0. The zero-order chi connectivity index (χ0) is 14.4. The van der Waals surface area contributed by atoms with Gasteiger partial charge in [0.05, 0.1) is 6.54 Å². The van der Waals surface area contributed by atoms with Gasteiger partial charge < -0.3 is 15.1 Å². The van der Waals surface area contributed by atoms with E-state index < -0.39 is 11.6 Å². The highest BCUT2D eigenvalue weighted by atomic mass is 19.1. The number of hydrogen-bond donors (Lipinski definition) is 2. The maximum atomic E-state index is 13.4. The number of rotatable bonds is 7. The Bertz CT molecular complexity index is 559. The summed E-state index contributed by atoms with van der Waals surface area (Å²) >= 11 is 0. The lowest BCUT2D eigenvalue weighted by Crippen LogP contribution is -2.13. The predicted molar refractivity (Wildman–Crippen MR) is 70.0 cm³/mol. The lowest BCUT2D eigenvalue weighted by atomic mass is 10.2. The van der Waals surface area contributed by atoms with Gasteiger partial charge >= 0.3 is 6.01 Å². The number of nitrogens with zero attached hydrogens (tertiary/aromatic N) is 2. The van der Waals surface area contributed by atoms with Crippen molar-refractivity contribution in [2.75, 3.05) is 11.9 Å². The first-order valence-electron chi connectivity index (χ1n) is 6.40. The van der Waals surface area contributed by atoms with E-state index in [1.807, 2.05) is 0 Å². The summed E-state index contributed by atoms with van der Waals surface area (Å²) in [4.78, 5) is 0. The van der Waals surface area contributed by atoms with E-state index in [2.05, 4.69) is 27.8 Å². The molecule has 0 fully saturated rings. The maximum Gasteiger partial charge on any atom is 0.315 e. The molecule has 0 unspecified atom stereocenters. The highest BCUT2D eigenvalue weighted by Crippen LogP contribution is 2.12. The molecule has 0 radical (unpaired) electrons. The van der Waals surface area contributed by atoms with E-state index in [0.717, 1.165) is 19.0 Å². The van der Waals surface area contributed by atoms with E-state index in [1.54, 1.807) is 0 Å². The van der Waals surface area contributed by atoms with Crippen LogP contribution in [0.3, 0.4) is 0 Å². The van der Waals surface area contributed by atoms with Crippen LogP contribution in [0.4, 0.5) is 14.8 Å². The number of benzene rings is 1. The van der Waals surface area contributed by atoms with Crippen LogP contribution in [0.5, 0.6) is 0 Å². The minimum atomic E-state index is -0.609. The first-order valence-corrected chi connectivity index (χ1v) is 6.40. The van der Waals surface area contributed by atoms with Crippen molar-refractivity contribution in [3.63, 3.8) is 0 Å². The van der Waals surface area contributed by atoms with Gasteiger partial charge in [-0.15, -0.1) is 5.10 Å². The summed E-state index contributed by atoms with van der Waals surface area (Å²) in [6.45, 7) is 3.57. The van der Waals surface area contributed by atoms with E-state index in [1.165, 1.54) is 12.1 Å². The molecule has 0 aliphatic rings. The molecule has 0 bridgehead atoms. The molecule has 2 rings (SSSR count). The van der Waals surface area contributed by atoms with E-state index >= 15 is 0 Å². The second-order valence-corrected chi connectivity index (χ2v) is 4.27.